The van der Waals surface area contributed by atoms with E-state index in [2.05, 4.69) is 4.98 Å². The van der Waals surface area contributed by atoms with Crippen molar-refractivity contribution in [2.75, 3.05) is 5.01 Å². The first-order chi connectivity index (χ1) is 20.6. The maximum atomic E-state index is 12.8. The molecule has 0 radical (unpaired) electrons. The number of carbonyl (C=O) groups is 1. The van der Waals surface area contributed by atoms with E-state index in [1.54, 1.807) is 30.5 Å². The van der Waals surface area contributed by atoms with Gasteiger partial charge in [0.15, 0.2) is 4.96 Å². The van der Waals surface area contributed by atoms with Crippen LogP contribution in [0.15, 0.2) is 72.9 Å². The van der Waals surface area contributed by atoms with Gasteiger partial charge in [0.25, 0.3) is 0 Å². The second-order valence-electron chi connectivity index (χ2n) is 11.0. The number of rotatable bonds is 7. The van der Waals surface area contributed by atoms with Crippen molar-refractivity contribution in [1.82, 2.24) is 19.3 Å². The summed E-state index contributed by atoms with van der Waals surface area (Å²) in [7, 11) is 0. The number of aromatic nitrogens is 4. The molecule has 2 amide bonds. The second kappa shape index (κ2) is 10.9. The Hall–Kier alpha value is -4.58. The Labute approximate surface area is 256 Å². The lowest BCUT2D eigenvalue weighted by molar-refractivity contribution is 0.246. The van der Waals surface area contributed by atoms with Crippen LogP contribution in [0.25, 0.3) is 26.3 Å². The number of hydrogen-bond donors (Lipinski definition) is 3. The zero-order valence-corrected chi connectivity index (χ0v) is 25.2. The molecule has 220 valence electrons. The normalized spacial score (nSPS) is 11.8. The highest BCUT2D eigenvalue weighted by atomic mass is 35.5. The van der Waals surface area contributed by atoms with Crippen molar-refractivity contribution in [1.29, 1.82) is 0 Å². The third kappa shape index (κ3) is 5.16. The van der Waals surface area contributed by atoms with Crippen LogP contribution in [0.4, 0.5) is 4.79 Å². The van der Waals surface area contributed by atoms with Crippen LogP contribution in [0.1, 0.15) is 37.7 Å². The summed E-state index contributed by atoms with van der Waals surface area (Å²) in [5.41, 5.74) is 9.25. The number of benzene rings is 3. The largest absolute Gasteiger partial charge is 0.506 e. The van der Waals surface area contributed by atoms with Crippen LogP contribution >= 0.6 is 22.9 Å². The van der Waals surface area contributed by atoms with Gasteiger partial charge in [0, 0.05) is 22.1 Å². The monoisotopic (exact) mass is 616 g/mol. The van der Waals surface area contributed by atoms with Crippen molar-refractivity contribution in [2.24, 2.45) is 5.73 Å². The molecule has 6 rings (SSSR count). The minimum atomic E-state index is -0.746. The Morgan fingerprint density at radius 1 is 1.07 bits per heavy atom. The summed E-state index contributed by atoms with van der Waals surface area (Å²) < 4.78 is 9.21. The number of nitrogens with two attached hydrogens (primary N) is 1. The number of imidazole rings is 1. The number of fused-ring (bicyclic) bond motifs is 3. The molecule has 6 aromatic rings. The number of para-hydroxylation sites is 3. The lowest BCUT2D eigenvalue weighted by atomic mass is 9.87. The van der Waals surface area contributed by atoms with E-state index >= 15 is 0 Å². The SMILES string of the molecule is CC(C)(C)c1nn(N(Cc2ccccc2Oc2nc3sc4ccccc4n3c2CO)C(N)=O)cc1-c1cccc(Cl)c1O. The molecule has 0 aliphatic rings. The molecule has 0 unspecified atom stereocenters. The molecule has 12 heteroatoms. The van der Waals surface area contributed by atoms with Crippen LogP contribution in [0.5, 0.6) is 17.4 Å². The summed E-state index contributed by atoms with van der Waals surface area (Å²) in [6, 6.07) is 19.4. The first-order valence-electron chi connectivity index (χ1n) is 13.5. The van der Waals surface area contributed by atoms with E-state index in [0.717, 1.165) is 10.2 Å². The van der Waals surface area contributed by atoms with Gasteiger partial charge in [0.2, 0.25) is 5.88 Å². The third-order valence-electron chi connectivity index (χ3n) is 7.05. The van der Waals surface area contributed by atoms with Crippen LogP contribution < -0.4 is 15.5 Å². The predicted molar refractivity (Wildman–Crippen MR) is 168 cm³/mol. The summed E-state index contributed by atoms with van der Waals surface area (Å²) in [6.07, 6.45) is 1.65. The summed E-state index contributed by atoms with van der Waals surface area (Å²) in [6.45, 7) is 5.69. The van der Waals surface area contributed by atoms with E-state index in [1.165, 1.54) is 21.1 Å². The van der Waals surface area contributed by atoms with Crippen LogP contribution in [-0.4, -0.2) is 35.5 Å². The molecule has 3 heterocycles. The van der Waals surface area contributed by atoms with Gasteiger partial charge in [-0.2, -0.15) is 14.9 Å². The Bertz CT molecular complexity index is 1990. The van der Waals surface area contributed by atoms with E-state index < -0.39 is 11.4 Å². The Morgan fingerprint density at radius 3 is 2.56 bits per heavy atom. The van der Waals surface area contributed by atoms with Crippen molar-refractivity contribution in [3.8, 4) is 28.5 Å². The number of aliphatic hydroxyl groups excluding tert-OH is 1. The average Bonchev–Trinajstić information content (AvgIpc) is 3.65. The number of aromatic hydroxyl groups is 1. The first-order valence-corrected chi connectivity index (χ1v) is 14.7. The number of urea groups is 1. The smallest absolute Gasteiger partial charge is 0.335 e. The van der Waals surface area contributed by atoms with E-state index in [-0.39, 0.29) is 29.8 Å². The Kier molecular flexibility index (Phi) is 7.25. The minimum absolute atomic E-state index is 0.0113. The topological polar surface area (TPSA) is 131 Å². The van der Waals surface area contributed by atoms with Gasteiger partial charge in [-0.25, -0.2) is 9.80 Å². The number of phenols is 1. The average molecular weight is 617 g/mol. The van der Waals surface area contributed by atoms with Gasteiger partial charge in [-0.05, 0) is 24.3 Å². The predicted octanol–water partition coefficient (Wildman–Crippen LogP) is 6.57. The van der Waals surface area contributed by atoms with Crippen molar-refractivity contribution >= 4 is 44.1 Å². The molecule has 0 saturated carbocycles. The Morgan fingerprint density at radius 2 is 1.81 bits per heavy atom. The van der Waals surface area contributed by atoms with E-state index in [0.29, 0.717) is 38.8 Å². The zero-order valence-electron chi connectivity index (χ0n) is 23.7. The molecule has 3 aromatic carbocycles. The van der Waals surface area contributed by atoms with Gasteiger partial charge in [0.1, 0.15) is 17.2 Å². The van der Waals surface area contributed by atoms with Crippen molar-refractivity contribution in [3.05, 3.63) is 94.9 Å². The van der Waals surface area contributed by atoms with Crippen molar-refractivity contribution in [2.45, 2.75) is 39.3 Å². The number of ether oxygens (including phenoxy) is 1. The molecule has 0 atom stereocenters. The molecular weight excluding hydrogens is 588 g/mol. The minimum Gasteiger partial charge on any atom is -0.506 e. The second-order valence-corrected chi connectivity index (χ2v) is 12.4. The van der Waals surface area contributed by atoms with Crippen molar-refractivity contribution < 1.29 is 19.7 Å². The molecule has 43 heavy (non-hydrogen) atoms. The van der Waals surface area contributed by atoms with Gasteiger partial charge >= 0.3 is 6.03 Å². The van der Waals surface area contributed by atoms with E-state index in [1.807, 2.05) is 67.6 Å². The fraction of sp³-hybridized carbons (Fsp3) is 0.194. The highest BCUT2D eigenvalue weighted by molar-refractivity contribution is 7.23. The zero-order chi connectivity index (χ0) is 30.5. The number of primary amides is 1. The summed E-state index contributed by atoms with van der Waals surface area (Å²) in [4.78, 5) is 19.6. The number of hydrogen-bond acceptors (Lipinski definition) is 7. The molecule has 0 aliphatic carbocycles. The maximum Gasteiger partial charge on any atom is 0.335 e. The summed E-state index contributed by atoms with van der Waals surface area (Å²) >= 11 is 7.71. The summed E-state index contributed by atoms with van der Waals surface area (Å²) in [5, 5.41) is 27.2. The standard InChI is InChI=1S/C31H29ClN6O4S/c1-31(2,3)27-20(19-10-8-11-21(32)26(19)40)16-37(35-27)36(29(33)41)15-18-9-4-6-13-24(18)42-28-23(17-39)38-22-12-5-7-14-25(22)43-30(38)34-28/h4-14,16,39-40H,15,17H2,1-3H3,(H2,33,41). The summed E-state index contributed by atoms with van der Waals surface area (Å²) in [5.74, 6) is 0.630. The quantitative estimate of drug-likeness (QED) is 0.186. The van der Waals surface area contributed by atoms with Crippen LogP contribution in [0.2, 0.25) is 5.02 Å². The first kappa shape index (κ1) is 28.5. The molecule has 10 nitrogen and oxygen atoms in total. The molecule has 0 aliphatic heterocycles. The number of nitrogens with zero attached hydrogens (tertiary/aromatic N) is 5. The fourth-order valence-corrected chi connectivity index (χ4v) is 6.21. The van der Waals surface area contributed by atoms with Gasteiger partial charge in [-0.15, -0.1) is 0 Å². The van der Waals surface area contributed by atoms with Crippen LogP contribution in [-0.2, 0) is 18.6 Å². The van der Waals surface area contributed by atoms with Crippen molar-refractivity contribution in [3.63, 3.8) is 0 Å². The molecule has 0 spiro atoms. The maximum absolute atomic E-state index is 12.8. The molecule has 0 bridgehead atoms. The molecule has 0 fully saturated rings. The third-order valence-corrected chi connectivity index (χ3v) is 8.38. The van der Waals surface area contributed by atoms with Crippen LogP contribution in [0, 0.1) is 0 Å². The number of phenolic OH excluding ortho intramolecular Hbond substituents is 1. The molecule has 4 N–H and O–H groups in total. The lowest BCUT2D eigenvalue weighted by Gasteiger charge is -2.22. The molecule has 3 aromatic heterocycles. The van der Waals surface area contributed by atoms with Crippen LogP contribution in [0.3, 0.4) is 0 Å². The van der Waals surface area contributed by atoms with Gasteiger partial charge in [0.05, 0.1) is 40.3 Å². The highest BCUT2D eigenvalue weighted by Gasteiger charge is 2.28. The fourth-order valence-electron chi connectivity index (χ4n) is 5.00. The van der Waals surface area contributed by atoms with E-state index in [4.69, 9.17) is 27.2 Å². The number of carbonyl (C=O) groups excluding carboxylic acids is 1. The van der Waals surface area contributed by atoms with E-state index in [9.17, 15) is 15.0 Å². The van der Waals surface area contributed by atoms with Gasteiger partial charge in [-0.3, -0.25) is 4.40 Å². The number of amides is 2. The Balaban J connectivity index is 1.38. The number of halogens is 1. The lowest BCUT2D eigenvalue weighted by Crippen LogP contribution is -2.44. The number of thiazole rings is 1. The van der Waals surface area contributed by atoms with Gasteiger partial charge in [-0.1, -0.05) is 86.2 Å². The number of aliphatic hydroxyl groups is 1. The molecule has 0 saturated heterocycles. The highest BCUT2D eigenvalue weighted by Crippen LogP contribution is 2.40. The molecular formula is C31H29ClN6O4S. The van der Waals surface area contributed by atoms with Gasteiger partial charge < -0.3 is 20.7 Å².